The maximum Gasteiger partial charge on any atom is 0.300 e. The maximum atomic E-state index is 13.6. The molecule has 1 aliphatic heterocycles. The van der Waals surface area contributed by atoms with Gasteiger partial charge in [-0.25, -0.2) is 0 Å². The molecule has 0 radical (unpaired) electrons. The van der Waals surface area contributed by atoms with E-state index in [1.807, 2.05) is 99.6 Å². The van der Waals surface area contributed by atoms with E-state index < -0.39 is 17.7 Å². The Morgan fingerprint density at radius 3 is 2.24 bits per heavy atom. The molecule has 1 amide bonds. The monoisotopic (exact) mass is 547 g/mol. The highest BCUT2D eigenvalue weighted by Crippen LogP contribution is 2.43. The molecule has 1 N–H and O–H groups in total. The van der Waals surface area contributed by atoms with Gasteiger partial charge in [-0.15, -0.1) is 0 Å². The van der Waals surface area contributed by atoms with Crippen LogP contribution in [0.1, 0.15) is 55.0 Å². The molecule has 0 spiro atoms. The van der Waals surface area contributed by atoms with Gasteiger partial charge in [-0.3, -0.25) is 14.5 Å². The van der Waals surface area contributed by atoms with Crippen LogP contribution in [0.25, 0.3) is 5.76 Å². The number of benzene rings is 4. The molecule has 1 saturated heterocycles. The highest BCUT2D eigenvalue weighted by atomic mass is 16.5. The number of Topliss-reactive ketones (excluding diaryl/α,β-unsaturated/α-hetero) is 1. The zero-order valence-electron chi connectivity index (χ0n) is 23.4. The Labute approximate surface area is 240 Å². The standard InChI is InChI=1S/C35H33NO5/c1-4-40-30-19-18-26(21-29(30)23(2)3)33(37)31-32(36(35(39)34(31)38)27-15-9-6-10-16-27)25-14-11-17-28(20-25)41-22-24-12-7-5-8-13-24/h5-21,23,32,37H,4,22H2,1-3H3/b33-31+. The first-order valence-corrected chi connectivity index (χ1v) is 13.8. The number of aliphatic hydroxyl groups excluding tert-OH is 1. The molecule has 0 aromatic heterocycles. The molecular weight excluding hydrogens is 514 g/mol. The van der Waals surface area contributed by atoms with Crippen molar-refractivity contribution in [1.82, 2.24) is 0 Å². The van der Waals surface area contributed by atoms with Crippen LogP contribution in [0.5, 0.6) is 11.5 Å². The molecule has 5 rings (SSSR count). The van der Waals surface area contributed by atoms with Crippen molar-refractivity contribution in [2.24, 2.45) is 0 Å². The van der Waals surface area contributed by atoms with E-state index in [0.717, 1.165) is 16.9 Å². The quantitative estimate of drug-likeness (QED) is 0.134. The van der Waals surface area contributed by atoms with Crippen LogP contribution < -0.4 is 14.4 Å². The van der Waals surface area contributed by atoms with Crippen molar-refractivity contribution in [3.05, 3.63) is 131 Å². The zero-order valence-corrected chi connectivity index (χ0v) is 23.4. The molecule has 1 atom stereocenters. The summed E-state index contributed by atoms with van der Waals surface area (Å²) in [6, 6.07) is 30.7. The number of ether oxygens (including phenoxy) is 2. The van der Waals surface area contributed by atoms with Crippen molar-refractivity contribution in [3.63, 3.8) is 0 Å². The van der Waals surface area contributed by atoms with Gasteiger partial charge < -0.3 is 14.6 Å². The molecule has 41 heavy (non-hydrogen) atoms. The Kier molecular flexibility index (Phi) is 8.20. The predicted molar refractivity (Wildman–Crippen MR) is 160 cm³/mol. The van der Waals surface area contributed by atoms with Crippen molar-refractivity contribution in [2.75, 3.05) is 11.5 Å². The number of para-hydroxylation sites is 1. The highest BCUT2D eigenvalue weighted by molar-refractivity contribution is 6.51. The van der Waals surface area contributed by atoms with Crippen molar-refractivity contribution < 1.29 is 24.2 Å². The lowest BCUT2D eigenvalue weighted by atomic mass is 9.93. The van der Waals surface area contributed by atoms with Gasteiger partial charge in [0.2, 0.25) is 0 Å². The van der Waals surface area contributed by atoms with Crippen molar-refractivity contribution >= 4 is 23.1 Å². The number of hydrogen-bond acceptors (Lipinski definition) is 5. The lowest BCUT2D eigenvalue weighted by molar-refractivity contribution is -0.132. The fourth-order valence-corrected chi connectivity index (χ4v) is 5.11. The third kappa shape index (κ3) is 5.73. The van der Waals surface area contributed by atoms with Crippen LogP contribution in [0, 0.1) is 0 Å². The van der Waals surface area contributed by atoms with Crippen LogP contribution in [0.2, 0.25) is 0 Å². The zero-order chi connectivity index (χ0) is 28.9. The predicted octanol–water partition coefficient (Wildman–Crippen LogP) is 7.41. The average Bonchev–Trinajstić information content (AvgIpc) is 3.27. The normalized spacial score (nSPS) is 16.3. The van der Waals surface area contributed by atoms with Crippen LogP contribution >= 0.6 is 0 Å². The summed E-state index contributed by atoms with van der Waals surface area (Å²) < 4.78 is 11.9. The first-order valence-electron chi connectivity index (χ1n) is 13.8. The number of carbonyl (C=O) groups is 2. The molecular formula is C35H33NO5. The second-order valence-electron chi connectivity index (χ2n) is 10.2. The minimum absolute atomic E-state index is 0.0259. The lowest BCUT2D eigenvalue weighted by Gasteiger charge is -2.26. The first kappa shape index (κ1) is 27.7. The summed E-state index contributed by atoms with van der Waals surface area (Å²) in [6.45, 7) is 6.87. The molecule has 4 aromatic rings. The molecule has 0 bridgehead atoms. The minimum Gasteiger partial charge on any atom is -0.507 e. The van der Waals surface area contributed by atoms with Crippen molar-refractivity contribution in [1.29, 1.82) is 0 Å². The smallest absolute Gasteiger partial charge is 0.300 e. The number of ketones is 1. The summed E-state index contributed by atoms with van der Waals surface area (Å²) in [5.74, 6) is -0.241. The Balaban J connectivity index is 1.62. The number of amides is 1. The molecule has 1 fully saturated rings. The van der Waals surface area contributed by atoms with E-state index in [2.05, 4.69) is 0 Å². The van der Waals surface area contributed by atoms with Crippen LogP contribution in [0.4, 0.5) is 5.69 Å². The summed E-state index contributed by atoms with van der Waals surface area (Å²) in [6.07, 6.45) is 0. The van der Waals surface area contributed by atoms with Crippen LogP contribution in [-0.4, -0.2) is 23.4 Å². The number of anilines is 1. The molecule has 208 valence electrons. The molecule has 1 heterocycles. The number of rotatable bonds is 9. The average molecular weight is 548 g/mol. The molecule has 6 nitrogen and oxygen atoms in total. The van der Waals surface area contributed by atoms with Gasteiger partial charge in [0.25, 0.3) is 11.7 Å². The van der Waals surface area contributed by atoms with E-state index in [0.29, 0.717) is 35.8 Å². The van der Waals surface area contributed by atoms with Crippen molar-refractivity contribution in [2.45, 2.75) is 39.3 Å². The van der Waals surface area contributed by atoms with Gasteiger partial charge in [0.05, 0.1) is 18.2 Å². The van der Waals surface area contributed by atoms with Gasteiger partial charge in [0, 0.05) is 11.3 Å². The van der Waals surface area contributed by atoms with Gasteiger partial charge in [-0.05, 0) is 72.0 Å². The van der Waals surface area contributed by atoms with E-state index in [4.69, 9.17) is 9.47 Å². The topological polar surface area (TPSA) is 76.1 Å². The maximum absolute atomic E-state index is 13.6. The van der Waals surface area contributed by atoms with E-state index in [1.54, 1.807) is 24.3 Å². The van der Waals surface area contributed by atoms with Gasteiger partial charge in [0.15, 0.2) is 0 Å². The van der Waals surface area contributed by atoms with Gasteiger partial charge in [0.1, 0.15) is 23.9 Å². The summed E-state index contributed by atoms with van der Waals surface area (Å²) in [4.78, 5) is 28.6. The minimum atomic E-state index is -0.855. The van der Waals surface area contributed by atoms with E-state index in [1.165, 1.54) is 4.90 Å². The fourth-order valence-electron chi connectivity index (χ4n) is 5.11. The highest BCUT2D eigenvalue weighted by Gasteiger charge is 2.47. The van der Waals surface area contributed by atoms with E-state index in [9.17, 15) is 14.7 Å². The molecule has 6 heteroatoms. The summed E-state index contributed by atoms with van der Waals surface area (Å²) >= 11 is 0. The Morgan fingerprint density at radius 1 is 0.854 bits per heavy atom. The lowest BCUT2D eigenvalue weighted by Crippen LogP contribution is -2.29. The molecule has 1 aliphatic rings. The fraction of sp³-hybridized carbons (Fsp3) is 0.200. The molecule has 0 saturated carbocycles. The summed E-state index contributed by atoms with van der Waals surface area (Å²) in [7, 11) is 0. The third-order valence-corrected chi connectivity index (χ3v) is 7.11. The van der Waals surface area contributed by atoms with Gasteiger partial charge >= 0.3 is 0 Å². The van der Waals surface area contributed by atoms with Crippen molar-refractivity contribution in [3.8, 4) is 11.5 Å². The number of hydrogen-bond donors (Lipinski definition) is 1. The number of aliphatic hydroxyl groups is 1. The van der Waals surface area contributed by atoms with Gasteiger partial charge in [-0.1, -0.05) is 74.5 Å². The van der Waals surface area contributed by atoms with E-state index >= 15 is 0 Å². The second kappa shape index (κ2) is 12.1. The molecule has 1 unspecified atom stereocenters. The second-order valence-corrected chi connectivity index (χ2v) is 10.2. The SMILES string of the molecule is CCOc1ccc(/C(O)=C2\C(=O)C(=O)N(c3ccccc3)C2c2cccc(OCc3ccccc3)c2)cc1C(C)C. The molecule has 0 aliphatic carbocycles. The van der Waals surface area contributed by atoms with Crippen LogP contribution in [-0.2, 0) is 16.2 Å². The van der Waals surface area contributed by atoms with Gasteiger partial charge in [-0.2, -0.15) is 0 Å². The Bertz CT molecular complexity index is 1580. The summed E-state index contributed by atoms with van der Waals surface area (Å²) in [5.41, 5.74) is 3.60. The summed E-state index contributed by atoms with van der Waals surface area (Å²) in [5, 5.41) is 11.7. The van der Waals surface area contributed by atoms with E-state index in [-0.39, 0.29) is 17.3 Å². The van der Waals surface area contributed by atoms with Crippen LogP contribution in [0.15, 0.2) is 109 Å². The number of nitrogens with zero attached hydrogens (tertiary/aromatic N) is 1. The third-order valence-electron chi connectivity index (χ3n) is 7.11. The molecule has 4 aromatic carbocycles. The Morgan fingerprint density at radius 2 is 1.56 bits per heavy atom. The Hall–Kier alpha value is -4.84. The largest absolute Gasteiger partial charge is 0.507 e. The number of carbonyl (C=O) groups excluding carboxylic acids is 2. The first-order chi connectivity index (χ1) is 19.9. The van der Waals surface area contributed by atoms with Crippen LogP contribution in [0.3, 0.4) is 0 Å².